The Labute approximate surface area is 136 Å². The highest BCUT2D eigenvalue weighted by atomic mass is 19.1. The standard InChI is InChI=1S/C15H15FN6O2/c1-9(19-14(23)10(2)22-8-17-7-18-22)15-20-13(21-24-15)11-3-5-12(16)6-4-11/h3-10H,1-2H3,(H,19,23)/t9-,10-/m0/s1. The Bertz CT molecular complexity index is 815. The molecule has 9 heteroatoms. The quantitative estimate of drug-likeness (QED) is 0.767. The van der Waals surface area contributed by atoms with E-state index in [9.17, 15) is 9.18 Å². The first kappa shape index (κ1) is 15.8. The monoisotopic (exact) mass is 330 g/mol. The Morgan fingerprint density at radius 1 is 1.29 bits per heavy atom. The summed E-state index contributed by atoms with van der Waals surface area (Å²) < 4.78 is 19.6. The van der Waals surface area contributed by atoms with Gasteiger partial charge < -0.3 is 9.84 Å². The van der Waals surface area contributed by atoms with Crippen molar-refractivity contribution < 1.29 is 13.7 Å². The molecule has 0 saturated heterocycles. The number of rotatable bonds is 5. The van der Waals surface area contributed by atoms with Crippen molar-refractivity contribution in [1.29, 1.82) is 0 Å². The second kappa shape index (κ2) is 6.57. The molecule has 2 atom stereocenters. The molecule has 1 aromatic carbocycles. The molecule has 0 aliphatic rings. The number of hydrogen-bond donors (Lipinski definition) is 1. The molecular weight excluding hydrogens is 315 g/mol. The lowest BCUT2D eigenvalue weighted by molar-refractivity contribution is -0.125. The molecule has 1 N–H and O–H groups in total. The van der Waals surface area contributed by atoms with E-state index in [0.29, 0.717) is 11.4 Å². The zero-order valence-electron chi connectivity index (χ0n) is 13.0. The summed E-state index contributed by atoms with van der Waals surface area (Å²) in [5, 5.41) is 10.6. The Kier molecular flexibility index (Phi) is 4.32. The summed E-state index contributed by atoms with van der Waals surface area (Å²) in [5.41, 5.74) is 0.626. The van der Waals surface area contributed by atoms with Gasteiger partial charge in [-0.1, -0.05) is 5.16 Å². The second-order valence-corrected chi connectivity index (χ2v) is 5.24. The summed E-state index contributed by atoms with van der Waals surface area (Å²) in [6, 6.07) is 4.74. The summed E-state index contributed by atoms with van der Waals surface area (Å²) in [7, 11) is 0. The van der Waals surface area contributed by atoms with Crippen LogP contribution in [0.1, 0.15) is 31.8 Å². The van der Waals surface area contributed by atoms with Gasteiger partial charge in [0.05, 0.1) is 0 Å². The number of nitrogens with zero attached hydrogens (tertiary/aromatic N) is 5. The number of carbonyl (C=O) groups is 1. The average molecular weight is 330 g/mol. The van der Waals surface area contributed by atoms with Crippen molar-refractivity contribution in [2.45, 2.75) is 25.9 Å². The number of nitrogens with one attached hydrogen (secondary N) is 1. The van der Waals surface area contributed by atoms with Crippen LogP contribution < -0.4 is 5.32 Å². The lowest BCUT2D eigenvalue weighted by Crippen LogP contribution is -2.33. The van der Waals surface area contributed by atoms with E-state index in [2.05, 4.69) is 25.5 Å². The number of benzene rings is 1. The highest BCUT2D eigenvalue weighted by molar-refractivity contribution is 5.80. The summed E-state index contributed by atoms with van der Waals surface area (Å²) in [6.45, 7) is 3.43. The summed E-state index contributed by atoms with van der Waals surface area (Å²) in [4.78, 5) is 20.3. The van der Waals surface area contributed by atoms with Gasteiger partial charge in [-0.3, -0.25) is 4.79 Å². The molecule has 0 spiro atoms. The zero-order valence-corrected chi connectivity index (χ0v) is 13.0. The number of carbonyl (C=O) groups excluding carboxylic acids is 1. The second-order valence-electron chi connectivity index (χ2n) is 5.24. The van der Waals surface area contributed by atoms with Crippen LogP contribution in [0.4, 0.5) is 4.39 Å². The molecule has 0 aliphatic carbocycles. The van der Waals surface area contributed by atoms with Gasteiger partial charge in [-0.15, -0.1) is 0 Å². The predicted octanol–water partition coefficient (Wildman–Crippen LogP) is 1.91. The first-order chi connectivity index (χ1) is 11.5. The molecule has 0 bridgehead atoms. The third kappa shape index (κ3) is 3.29. The van der Waals surface area contributed by atoms with Crippen LogP contribution in [-0.2, 0) is 4.79 Å². The molecule has 0 aliphatic heterocycles. The van der Waals surface area contributed by atoms with Crippen LogP contribution in [0.2, 0.25) is 0 Å². The Morgan fingerprint density at radius 3 is 2.71 bits per heavy atom. The van der Waals surface area contributed by atoms with E-state index < -0.39 is 12.1 Å². The van der Waals surface area contributed by atoms with Crippen molar-refractivity contribution in [1.82, 2.24) is 30.2 Å². The van der Waals surface area contributed by atoms with Crippen molar-refractivity contribution in [2.75, 3.05) is 0 Å². The van der Waals surface area contributed by atoms with Gasteiger partial charge in [0.15, 0.2) is 0 Å². The molecule has 8 nitrogen and oxygen atoms in total. The van der Waals surface area contributed by atoms with Crippen LogP contribution in [-0.4, -0.2) is 30.8 Å². The molecule has 124 valence electrons. The van der Waals surface area contributed by atoms with Crippen LogP contribution in [0.3, 0.4) is 0 Å². The fraction of sp³-hybridized carbons (Fsp3) is 0.267. The molecule has 0 saturated carbocycles. The van der Waals surface area contributed by atoms with Crippen molar-refractivity contribution in [3.63, 3.8) is 0 Å². The fourth-order valence-electron chi connectivity index (χ4n) is 2.06. The third-order valence-corrected chi connectivity index (χ3v) is 3.49. The fourth-order valence-corrected chi connectivity index (χ4v) is 2.06. The number of halogens is 1. The van der Waals surface area contributed by atoms with Gasteiger partial charge in [-0.25, -0.2) is 14.1 Å². The van der Waals surface area contributed by atoms with Crippen molar-refractivity contribution in [3.05, 3.63) is 48.6 Å². The Balaban J connectivity index is 1.68. The number of aromatic nitrogens is 5. The van der Waals surface area contributed by atoms with Crippen molar-refractivity contribution in [2.24, 2.45) is 0 Å². The number of amides is 1. The molecule has 24 heavy (non-hydrogen) atoms. The first-order valence-electron chi connectivity index (χ1n) is 7.28. The first-order valence-corrected chi connectivity index (χ1v) is 7.28. The van der Waals surface area contributed by atoms with Crippen LogP contribution in [0, 0.1) is 5.82 Å². The van der Waals surface area contributed by atoms with E-state index >= 15 is 0 Å². The lowest BCUT2D eigenvalue weighted by Gasteiger charge is -2.14. The molecule has 3 rings (SSSR count). The van der Waals surface area contributed by atoms with E-state index in [1.807, 2.05) is 0 Å². The van der Waals surface area contributed by atoms with Gasteiger partial charge in [0.2, 0.25) is 17.6 Å². The van der Waals surface area contributed by atoms with Gasteiger partial charge >= 0.3 is 0 Å². The smallest absolute Gasteiger partial charge is 0.249 e. The molecule has 1 amide bonds. The SMILES string of the molecule is C[C@H](NC(=O)[C@H](C)n1cncn1)c1nc(-c2ccc(F)cc2)no1. The lowest BCUT2D eigenvalue weighted by atomic mass is 10.2. The van der Waals surface area contributed by atoms with Gasteiger partial charge in [-0.05, 0) is 38.1 Å². The van der Waals surface area contributed by atoms with Crippen LogP contribution in [0.5, 0.6) is 0 Å². The van der Waals surface area contributed by atoms with Gasteiger partial charge in [0.1, 0.15) is 30.6 Å². The van der Waals surface area contributed by atoms with Gasteiger partial charge in [0, 0.05) is 5.56 Å². The minimum Gasteiger partial charge on any atom is -0.343 e. The molecule has 0 unspecified atom stereocenters. The molecule has 0 radical (unpaired) electrons. The van der Waals surface area contributed by atoms with Crippen molar-refractivity contribution >= 4 is 5.91 Å². The largest absolute Gasteiger partial charge is 0.343 e. The van der Waals surface area contributed by atoms with Crippen molar-refractivity contribution in [3.8, 4) is 11.4 Å². The minimum atomic E-state index is -0.519. The van der Waals surface area contributed by atoms with Gasteiger partial charge in [0.25, 0.3) is 0 Å². The van der Waals surface area contributed by atoms with E-state index in [1.54, 1.807) is 26.0 Å². The maximum absolute atomic E-state index is 12.9. The number of hydrogen-bond acceptors (Lipinski definition) is 6. The molecule has 3 aromatic rings. The van der Waals surface area contributed by atoms with E-state index in [4.69, 9.17) is 4.52 Å². The summed E-state index contributed by atoms with van der Waals surface area (Å²) in [5.74, 6) is -0.0105. The van der Waals surface area contributed by atoms with Crippen LogP contribution >= 0.6 is 0 Å². The molecule has 2 aromatic heterocycles. The topological polar surface area (TPSA) is 98.7 Å². The molecule has 0 fully saturated rings. The van der Waals surface area contributed by atoms with Crippen LogP contribution in [0.15, 0.2) is 41.4 Å². The molecule has 2 heterocycles. The highest BCUT2D eigenvalue weighted by Crippen LogP contribution is 2.19. The summed E-state index contributed by atoms with van der Waals surface area (Å²) in [6.07, 6.45) is 2.83. The van der Waals surface area contributed by atoms with Gasteiger partial charge in [-0.2, -0.15) is 10.1 Å². The average Bonchev–Trinajstić information content (AvgIpc) is 3.26. The highest BCUT2D eigenvalue weighted by Gasteiger charge is 2.21. The Morgan fingerprint density at radius 2 is 2.04 bits per heavy atom. The minimum absolute atomic E-state index is 0.255. The van der Waals surface area contributed by atoms with E-state index in [-0.39, 0.29) is 17.6 Å². The predicted molar refractivity (Wildman–Crippen MR) is 81.0 cm³/mol. The third-order valence-electron chi connectivity index (χ3n) is 3.49. The zero-order chi connectivity index (χ0) is 17.1. The Hall–Kier alpha value is -3.10. The maximum Gasteiger partial charge on any atom is 0.249 e. The molecular formula is C15H15FN6O2. The normalized spacial score (nSPS) is 13.5. The maximum atomic E-state index is 12.9. The van der Waals surface area contributed by atoms with E-state index in [0.717, 1.165) is 0 Å². The van der Waals surface area contributed by atoms with Crippen LogP contribution in [0.25, 0.3) is 11.4 Å². The van der Waals surface area contributed by atoms with E-state index in [1.165, 1.54) is 29.5 Å². The summed E-state index contributed by atoms with van der Waals surface area (Å²) >= 11 is 0.